The lowest BCUT2D eigenvalue weighted by Gasteiger charge is -2.44. The number of hydrogen-bond donors (Lipinski definition) is 1. The Bertz CT molecular complexity index is 557. The highest BCUT2D eigenvalue weighted by Crippen LogP contribution is 2.32. The summed E-state index contributed by atoms with van der Waals surface area (Å²) in [6.07, 6.45) is 2.22. The number of fused-ring (bicyclic) bond motifs is 3. The summed E-state index contributed by atoms with van der Waals surface area (Å²) in [6.45, 7) is 5.00. The van der Waals surface area contributed by atoms with E-state index < -0.39 is 10.0 Å². The van der Waals surface area contributed by atoms with Gasteiger partial charge >= 0.3 is 0 Å². The standard InChI is InChI=1S/C12H17BrN2O2S2/c1-8-6-11(18-12(8)13)19(16,17)14-10-7-15-4-2-9(10)3-5-15/h6,9-10,14H,2-5,7H2,1H3. The third-order valence-corrected chi connectivity index (χ3v) is 8.16. The van der Waals surface area contributed by atoms with Crippen molar-refractivity contribution in [2.75, 3.05) is 19.6 Å². The molecule has 0 saturated carbocycles. The number of piperidine rings is 3. The van der Waals surface area contributed by atoms with Gasteiger partial charge in [0.15, 0.2) is 0 Å². The second kappa shape index (κ2) is 5.11. The van der Waals surface area contributed by atoms with Crippen molar-refractivity contribution in [3.63, 3.8) is 0 Å². The molecule has 0 aliphatic carbocycles. The van der Waals surface area contributed by atoms with Gasteiger partial charge in [0.2, 0.25) is 10.0 Å². The molecule has 7 heteroatoms. The van der Waals surface area contributed by atoms with Gasteiger partial charge in [-0.05, 0) is 66.3 Å². The first-order valence-electron chi connectivity index (χ1n) is 6.46. The molecular weight excluding hydrogens is 348 g/mol. The highest BCUT2D eigenvalue weighted by molar-refractivity contribution is 9.11. The van der Waals surface area contributed by atoms with Crippen LogP contribution in [-0.4, -0.2) is 39.0 Å². The highest BCUT2D eigenvalue weighted by Gasteiger charge is 2.36. The van der Waals surface area contributed by atoms with Crippen LogP contribution in [0.3, 0.4) is 0 Å². The first-order chi connectivity index (χ1) is 8.95. The van der Waals surface area contributed by atoms with Crippen molar-refractivity contribution >= 4 is 37.3 Å². The highest BCUT2D eigenvalue weighted by atomic mass is 79.9. The minimum absolute atomic E-state index is 0.0775. The molecule has 106 valence electrons. The Morgan fingerprint density at radius 1 is 1.42 bits per heavy atom. The lowest BCUT2D eigenvalue weighted by atomic mass is 9.85. The fourth-order valence-corrected chi connectivity index (χ4v) is 6.46. The molecule has 1 unspecified atom stereocenters. The SMILES string of the molecule is Cc1cc(S(=O)(=O)NC2CN3CCC2CC3)sc1Br. The van der Waals surface area contributed by atoms with Crippen LogP contribution >= 0.6 is 27.3 Å². The smallest absolute Gasteiger partial charge is 0.250 e. The summed E-state index contributed by atoms with van der Waals surface area (Å²) in [5, 5.41) is 0. The summed E-state index contributed by atoms with van der Waals surface area (Å²) >= 11 is 4.67. The Balaban J connectivity index is 1.78. The second-order valence-corrected chi connectivity index (χ2v) is 9.70. The number of sulfonamides is 1. The van der Waals surface area contributed by atoms with Crippen LogP contribution in [0, 0.1) is 12.8 Å². The fourth-order valence-electron chi connectivity index (χ4n) is 2.92. The quantitative estimate of drug-likeness (QED) is 0.894. The molecule has 1 atom stereocenters. The van der Waals surface area contributed by atoms with Crippen molar-refractivity contribution in [2.24, 2.45) is 5.92 Å². The third kappa shape index (κ3) is 2.76. The Hall–Kier alpha value is 0.0500. The van der Waals surface area contributed by atoms with Crippen molar-refractivity contribution in [3.8, 4) is 0 Å². The maximum absolute atomic E-state index is 12.4. The van der Waals surface area contributed by atoms with Gasteiger partial charge in [0.05, 0.1) is 3.79 Å². The zero-order valence-corrected chi connectivity index (χ0v) is 13.9. The van der Waals surface area contributed by atoms with Gasteiger partial charge in [-0.25, -0.2) is 13.1 Å². The molecule has 0 aromatic carbocycles. The van der Waals surface area contributed by atoms with Gasteiger partial charge in [-0.15, -0.1) is 11.3 Å². The molecule has 4 heterocycles. The van der Waals surface area contributed by atoms with Crippen LogP contribution in [-0.2, 0) is 10.0 Å². The molecular formula is C12H17BrN2O2S2. The zero-order chi connectivity index (χ0) is 13.6. The molecule has 1 aromatic rings. The van der Waals surface area contributed by atoms with Crippen molar-refractivity contribution in [3.05, 3.63) is 15.4 Å². The lowest BCUT2D eigenvalue weighted by molar-refractivity contribution is 0.0827. The summed E-state index contributed by atoms with van der Waals surface area (Å²) in [4.78, 5) is 2.35. The van der Waals surface area contributed by atoms with Crippen LogP contribution in [0.1, 0.15) is 18.4 Å². The van der Waals surface area contributed by atoms with Crippen molar-refractivity contribution in [1.29, 1.82) is 0 Å². The van der Waals surface area contributed by atoms with E-state index in [-0.39, 0.29) is 6.04 Å². The number of rotatable bonds is 3. The van der Waals surface area contributed by atoms with Gasteiger partial charge in [-0.1, -0.05) is 0 Å². The molecule has 0 spiro atoms. The minimum atomic E-state index is -3.37. The molecule has 3 aliphatic rings. The van der Waals surface area contributed by atoms with Gasteiger partial charge < -0.3 is 4.90 Å². The van der Waals surface area contributed by atoms with Gasteiger partial charge in [-0.2, -0.15) is 0 Å². The van der Waals surface area contributed by atoms with Crippen LogP contribution in [0.2, 0.25) is 0 Å². The maximum atomic E-state index is 12.4. The molecule has 3 fully saturated rings. The molecule has 4 nitrogen and oxygen atoms in total. The molecule has 3 saturated heterocycles. The van der Waals surface area contributed by atoms with Gasteiger partial charge in [0.25, 0.3) is 0 Å². The number of halogens is 1. The number of nitrogens with zero attached hydrogens (tertiary/aromatic N) is 1. The van der Waals surface area contributed by atoms with Crippen LogP contribution in [0.25, 0.3) is 0 Å². The van der Waals surface area contributed by atoms with Crippen molar-refractivity contribution in [2.45, 2.75) is 30.0 Å². The molecule has 0 amide bonds. The van der Waals surface area contributed by atoms with E-state index in [1.54, 1.807) is 6.07 Å². The Morgan fingerprint density at radius 2 is 2.11 bits per heavy atom. The monoisotopic (exact) mass is 364 g/mol. The molecule has 19 heavy (non-hydrogen) atoms. The summed E-state index contributed by atoms with van der Waals surface area (Å²) in [6, 6.07) is 1.81. The van der Waals surface area contributed by atoms with Crippen LogP contribution in [0.4, 0.5) is 0 Å². The van der Waals surface area contributed by atoms with E-state index in [0.29, 0.717) is 10.1 Å². The molecule has 1 N–H and O–H groups in total. The number of thiophene rings is 1. The van der Waals surface area contributed by atoms with E-state index in [1.165, 1.54) is 11.3 Å². The number of hydrogen-bond acceptors (Lipinski definition) is 4. The zero-order valence-electron chi connectivity index (χ0n) is 10.7. The summed E-state index contributed by atoms with van der Waals surface area (Å²) < 4.78 is 29.0. The molecule has 0 radical (unpaired) electrons. The van der Waals surface area contributed by atoms with E-state index >= 15 is 0 Å². The van der Waals surface area contributed by atoms with Gasteiger partial charge in [0.1, 0.15) is 4.21 Å². The Morgan fingerprint density at radius 3 is 2.58 bits per heavy atom. The normalized spacial score (nSPS) is 30.7. The van der Waals surface area contributed by atoms with Crippen molar-refractivity contribution < 1.29 is 8.42 Å². The predicted octanol–water partition coefficient (Wildman–Crippen LogP) is 2.19. The lowest BCUT2D eigenvalue weighted by Crippen LogP contribution is -2.57. The first-order valence-corrected chi connectivity index (χ1v) is 9.55. The van der Waals surface area contributed by atoms with E-state index in [4.69, 9.17) is 0 Å². The average molecular weight is 365 g/mol. The van der Waals surface area contributed by atoms with Crippen LogP contribution in [0.15, 0.2) is 14.1 Å². The Kier molecular flexibility index (Phi) is 3.77. The summed E-state index contributed by atoms with van der Waals surface area (Å²) in [5.41, 5.74) is 0.972. The predicted molar refractivity (Wildman–Crippen MR) is 80.0 cm³/mol. The molecule has 2 bridgehead atoms. The first kappa shape index (κ1) is 14.0. The fraction of sp³-hybridized carbons (Fsp3) is 0.667. The van der Waals surface area contributed by atoms with Crippen LogP contribution in [0.5, 0.6) is 0 Å². The van der Waals surface area contributed by atoms with Crippen molar-refractivity contribution in [1.82, 2.24) is 9.62 Å². The largest absolute Gasteiger partial charge is 0.302 e. The third-order valence-electron chi connectivity index (χ3n) is 4.06. The van der Waals surface area contributed by atoms with Crippen LogP contribution < -0.4 is 4.72 Å². The number of aryl methyl sites for hydroxylation is 1. The van der Waals surface area contributed by atoms with E-state index in [2.05, 4.69) is 25.6 Å². The maximum Gasteiger partial charge on any atom is 0.250 e. The topological polar surface area (TPSA) is 49.4 Å². The summed E-state index contributed by atoms with van der Waals surface area (Å²) in [5.74, 6) is 0.504. The van der Waals surface area contributed by atoms with Gasteiger partial charge in [0, 0.05) is 12.6 Å². The molecule has 3 aliphatic heterocycles. The molecule has 4 rings (SSSR count). The Labute approximate surface area is 126 Å². The summed E-state index contributed by atoms with van der Waals surface area (Å²) in [7, 11) is -3.37. The molecule has 1 aromatic heterocycles. The average Bonchev–Trinajstić information content (AvgIpc) is 2.71. The van der Waals surface area contributed by atoms with E-state index in [0.717, 1.165) is 41.8 Å². The number of nitrogens with one attached hydrogen (secondary N) is 1. The second-order valence-electron chi connectivity index (χ2n) is 5.39. The van der Waals surface area contributed by atoms with E-state index in [9.17, 15) is 8.42 Å². The minimum Gasteiger partial charge on any atom is -0.302 e. The van der Waals surface area contributed by atoms with E-state index in [1.807, 2.05) is 6.92 Å². The van der Waals surface area contributed by atoms with Gasteiger partial charge in [-0.3, -0.25) is 0 Å².